The van der Waals surface area contributed by atoms with Crippen molar-refractivity contribution in [2.75, 3.05) is 0 Å². The molecule has 0 unspecified atom stereocenters. The number of nitrogens with zero attached hydrogens (tertiary/aromatic N) is 2. The van der Waals surface area contributed by atoms with Crippen molar-refractivity contribution in [2.24, 2.45) is 0 Å². The van der Waals surface area contributed by atoms with Crippen LogP contribution in [0.1, 0.15) is 46.8 Å². The Hall–Kier alpha value is -2.88. The van der Waals surface area contributed by atoms with E-state index in [9.17, 15) is 4.79 Å². The minimum atomic E-state index is 0.0659. The summed E-state index contributed by atoms with van der Waals surface area (Å²) < 4.78 is 2.09. The summed E-state index contributed by atoms with van der Waals surface area (Å²) in [6.45, 7) is 2.83. The van der Waals surface area contributed by atoms with Crippen molar-refractivity contribution in [3.8, 4) is 0 Å². The van der Waals surface area contributed by atoms with Crippen LogP contribution in [0.4, 0.5) is 0 Å². The lowest BCUT2D eigenvalue weighted by Gasteiger charge is -2.24. The quantitative estimate of drug-likeness (QED) is 0.749. The second kappa shape index (κ2) is 7.78. The third-order valence-corrected chi connectivity index (χ3v) is 5.26. The molecule has 1 aromatic heterocycles. The summed E-state index contributed by atoms with van der Waals surface area (Å²) in [4.78, 5) is 12.5. The lowest BCUT2D eigenvalue weighted by atomic mass is 9.92. The Morgan fingerprint density at radius 3 is 2.67 bits per heavy atom. The van der Waals surface area contributed by atoms with Crippen LogP contribution in [-0.4, -0.2) is 15.7 Å². The summed E-state index contributed by atoms with van der Waals surface area (Å²) in [6, 6.07) is 18.6. The molecule has 0 bridgehead atoms. The van der Waals surface area contributed by atoms with Gasteiger partial charge in [-0.05, 0) is 37.3 Å². The molecular weight excluding hydrogens is 334 g/mol. The van der Waals surface area contributed by atoms with E-state index in [0.29, 0.717) is 6.42 Å². The van der Waals surface area contributed by atoms with Gasteiger partial charge in [0, 0.05) is 11.3 Å². The highest BCUT2D eigenvalue weighted by Gasteiger charge is 2.25. The van der Waals surface area contributed by atoms with E-state index in [-0.39, 0.29) is 11.9 Å². The van der Waals surface area contributed by atoms with Crippen LogP contribution in [0.15, 0.2) is 60.8 Å². The molecule has 1 aliphatic rings. The molecule has 4 rings (SSSR count). The summed E-state index contributed by atoms with van der Waals surface area (Å²) in [5, 5.41) is 7.83. The summed E-state index contributed by atoms with van der Waals surface area (Å²) in [5.74, 6) is 0.0764. The largest absolute Gasteiger partial charge is 0.349 e. The lowest BCUT2D eigenvalue weighted by molar-refractivity contribution is -0.121. The van der Waals surface area contributed by atoms with Crippen LogP contribution in [0, 0.1) is 6.92 Å². The normalized spacial score (nSPS) is 16.0. The number of aryl methyl sites for hydroxylation is 1. The highest BCUT2D eigenvalue weighted by molar-refractivity contribution is 5.79. The van der Waals surface area contributed by atoms with Gasteiger partial charge in [0.05, 0.1) is 25.2 Å². The van der Waals surface area contributed by atoms with Crippen LogP contribution in [0.5, 0.6) is 0 Å². The van der Waals surface area contributed by atoms with Gasteiger partial charge >= 0.3 is 0 Å². The first-order valence-electron chi connectivity index (χ1n) is 9.62. The van der Waals surface area contributed by atoms with Gasteiger partial charge in [-0.3, -0.25) is 9.48 Å². The number of amides is 1. The van der Waals surface area contributed by atoms with Gasteiger partial charge in [-0.2, -0.15) is 5.10 Å². The molecule has 1 N–H and O–H groups in total. The third-order valence-electron chi connectivity index (χ3n) is 5.26. The molecule has 1 amide bonds. The molecule has 1 atom stereocenters. The van der Waals surface area contributed by atoms with Crippen LogP contribution in [-0.2, 0) is 24.2 Å². The van der Waals surface area contributed by atoms with Crippen molar-refractivity contribution in [1.82, 2.24) is 15.1 Å². The zero-order valence-electron chi connectivity index (χ0n) is 15.7. The molecule has 4 heteroatoms. The highest BCUT2D eigenvalue weighted by Crippen LogP contribution is 2.30. The summed E-state index contributed by atoms with van der Waals surface area (Å²) in [7, 11) is 0. The van der Waals surface area contributed by atoms with Crippen molar-refractivity contribution in [3.05, 3.63) is 88.7 Å². The average molecular weight is 359 g/mol. The Morgan fingerprint density at radius 2 is 1.89 bits per heavy atom. The van der Waals surface area contributed by atoms with Crippen molar-refractivity contribution < 1.29 is 4.79 Å². The first-order valence-corrected chi connectivity index (χ1v) is 9.62. The van der Waals surface area contributed by atoms with Crippen LogP contribution < -0.4 is 5.32 Å². The molecule has 2 aromatic carbocycles. The van der Waals surface area contributed by atoms with Crippen molar-refractivity contribution in [1.29, 1.82) is 0 Å². The van der Waals surface area contributed by atoms with Crippen LogP contribution in [0.3, 0.4) is 0 Å². The minimum Gasteiger partial charge on any atom is -0.349 e. The Bertz CT molecular complexity index is 913. The molecule has 1 heterocycles. The fraction of sp³-hybridized carbons (Fsp3) is 0.304. The van der Waals surface area contributed by atoms with Gasteiger partial charge < -0.3 is 5.32 Å². The maximum Gasteiger partial charge on any atom is 0.224 e. The first-order chi connectivity index (χ1) is 13.2. The molecule has 0 radical (unpaired) electrons. The minimum absolute atomic E-state index is 0.0659. The number of fused-ring (bicyclic) bond motifs is 1. The van der Waals surface area contributed by atoms with Gasteiger partial charge in [-0.15, -0.1) is 0 Å². The van der Waals surface area contributed by atoms with E-state index in [2.05, 4.69) is 58.4 Å². The van der Waals surface area contributed by atoms with E-state index in [0.717, 1.165) is 31.4 Å². The number of benzene rings is 2. The monoisotopic (exact) mass is 359 g/mol. The smallest absolute Gasteiger partial charge is 0.224 e. The topological polar surface area (TPSA) is 46.9 Å². The van der Waals surface area contributed by atoms with E-state index >= 15 is 0 Å². The maximum atomic E-state index is 12.5. The van der Waals surface area contributed by atoms with Crippen LogP contribution in [0.2, 0.25) is 0 Å². The van der Waals surface area contributed by atoms with Gasteiger partial charge in [0.15, 0.2) is 0 Å². The molecule has 0 fully saturated rings. The number of carbonyl (C=O) groups is 1. The Labute approximate surface area is 160 Å². The van der Waals surface area contributed by atoms with E-state index < -0.39 is 0 Å². The number of nitrogens with one attached hydrogen (secondary N) is 1. The van der Waals surface area contributed by atoms with Gasteiger partial charge in [-0.1, -0.05) is 60.2 Å². The first kappa shape index (κ1) is 17.5. The van der Waals surface area contributed by atoms with Gasteiger partial charge in [0.1, 0.15) is 0 Å². The molecule has 0 saturated carbocycles. The fourth-order valence-electron chi connectivity index (χ4n) is 3.80. The SMILES string of the molecule is Cc1ccc(CC(=O)N[C@H]2CCCc3c2cnn3Cc2ccccc2)cc1. The van der Waals surface area contributed by atoms with Gasteiger partial charge in [0.2, 0.25) is 5.91 Å². The van der Waals surface area contributed by atoms with Crippen molar-refractivity contribution in [2.45, 2.75) is 45.2 Å². The second-order valence-electron chi connectivity index (χ2n) is 7.36. The molecule has 27 heavy (non-hydrogen) atoms. The van der Waals surface area contributed by atoms with Crippen LogP contribution in [0.25, 0.3) is 0 Å². The highest BCUT2D eigenvalue weighted by atomic mass is 16.1. The summed E-state index contributed by atoms with van der Waals surface area (Å²) in [5.41, 5.74) is 5.94. The number of hydrogen-bond acceptors (Lipinski definition) is 2. The van der Waals surface area contributed by atoms with E-state index in [4.69, 9.17) is 0 Å². The molecule has 0 aliphatic heterocycles. The molecule has 0 saturated heterocycles. The Balaban J connectivity index is 1.45. The van der Waals surface area contributed by atoms with E-state index in [1.54, 1.807) is 0 Å². The van der Waals surface area contributed by atoms with Crippen molar-refractivity contribution >= 4 is 5.91 Å². The lowest BCUT2D eigenvalue weighted by Crippen LogP contribution is -2.32. The molecule has 4 nitrogen and oxygen atoms in total. The second-order valence-corrected chi connectivity index (χ2v) is 7.36. The van der Waals surface area contributed by atoms with Crippen LogP contribution >= 0.6 is 0 Å². The average Bonchev–Trinajstić information content (AvgIpc) is 3.08. The number of aromatic nitrogens is 2. The van der Waals surface area contributed by atoms with E-state index in [1.165, 1.54) is 22.4 Å². The maximum absolute atomic E-state index is 12.5. The fourth-order valence-corrected chi connectivity index (χ4v) is 3.80. The molecule has 3 aromatic rings. The number of rotatable bonds is 5. The molecule has 138 valence electrons. The van der Waals surface area contributed by atoms with Gasteiger partial charge in [0.25, 0.3) is 0 Å². The van der Waals surface area contributed by atoms with E-state index in [1.807, 2.05) is 24.4 Å². The third kappa shape index (κ3) is 4.11. The number of carbonyl (C=O) groups excluding carboxylic acids is 1. The van der Waals surface area contributed by atoms with Gasteiger partial charge in [-0.25, -0.2) is 0 Å². The predicted molar refractivity (Wildman–Crippen MR) is 106 cm³/mol. The predicted octanol–water partition coefficient (Wildman–Crippen LogP) is 3.98. The number of hydrogen-bond donors (Lipinski definition) is 1. The molecule has 1 aliphatic carbocycles. The zero-order chi connectivity index (χ0) is 18.6. The molecular formula is C23H25N3O. The summed E-state index contributed by atoms with van der Waals surface area (Å²) in [6.07, 6.45) is 5.43. The summed E-state index contributed by atoms with van der Waals surface area (Å²) >= 11 is 0. The Morgan fingerprint density at radius 1 is 1.11 bits per heavy atom. The molecule has 0 spiro atoms. The van der Waals surface area contributed by atoms with Crippen molar-refractivity contribution in [3.63, 3.8) is 0 Å². The standard InChI is InChI=1S/C23H25N3O/c1-17-10-12-18(13-11-17)14-23(27)25-21-8-5-9-22-20(21)15-24-26(22)16-19-6-3-2-4-7-19/h2-4,6-7,10-13,15,21H,5,8-9,14,16H2,1H3,(H,25,27)/t21-/m0/s1. The zero-order valence-corrected chi connectivity index (χ0v) is 15.7. The Kier molecular flexibility index (Phi) is 5.05.